The molecule has 0 radical (unpaired) electrons. The van der Waals surface area contributed by atoms with Crippen molar-refractivity contribution in [1.29, 1.82) is 0 Å². The zero-order chi connectivity index (χ0) is 24.3. The van der Waals surface area contributed by atoms with E-state index in [1.807, 2.05) is 49.6 Å². The Morgan fingerprint density at radius 3 is 2.57 bits per heavy atom. The molecule has 0 aliphatic heterocycles. The smallest absolute Gasteiger partial charge is 1.00 e. The maximum atomic E-state index is 13.2. The molecule has 0 bridgehead atoms. The van der Waals surface area contributed by atoms with Crippen molar-refractivity contribution in [3.05, 3.63) is 59.2 Å². The first-order valence-corrected chi connectivity index (χ1v) is 13.7. The van der Waals surface area contributed by atoms with Gasteiger partial charge in [-0.2, -0.15) is 11.8 Å². The molecule has 0 heterocycles. The summed E-state index contributed by atoms with van der Waals surface area (Å²) in [5.41, 5.74) is 4.32. The van der Waals surface area contributed by atoms with Crippen molar-refractivity contribution in [2.24, 2.45) is 5.92 Å². The number of nitrogens with one attached hydrogen (secondary N) is 1. The number of rotatable bonds is 12. The number of amides is 1. The number of hydrogen-bond acceptors (Lipinski definition) is 4. The van der Waals surface area contributed by atoms with Crippen LogP contribution in [0.2, 0.25) is 0 Å². The molecule has 1 amide bonds. The number of ether oxygens (including phenoxy) is 1. The molecule has 35 heavy (non-hydrogen) atoms. The van der Waals surface area contributed by atoms with Crippen molar-refractivity contribution in [3.63, 3.8) is 0 Å². The number of benzene rings is 2. The second-order valence-electron chi connectivity index (χ2n) is 9.19. The number of aliphatic carboxylic acids is 1. The maximum absolute atomic E-state index is 13.2. The quantitative estimate of drug-likeness (QED) is 0.352. The van der Waals surface area contributed by atoms with Crippen LogP contribution in [0.15, 0.2) is 42.5 Å². The van der Waals surface area contributed by atoms with E-state index < -0.39 is 12.0 Å². The molecule has 1 unspecified atom stereocenters. The molecular formula is C28H38LiNO4S. The van der Waals surface area contributed by atoms with Crippen LogP contribution in [0.5, 0.6) is 0 Å². The summed E-state index contributed by atoms with van der Waals surface area (Å²) < 4.78 is 6.00. The summed E-state index contributed by atoms with van der Waals surface area (Å²) >= 11 is 1.56. The summed E-state index contributed by atoms with van der Waals surface area (Å²) in [7, 11) is 0. The molecule has 0 aromatic heterocycles. The van der Waals surface area contributed by atoms with Crippen molar-refractivity contribution in [1.82, 2.24) is 5.32 Å². The maximum Gasteiger partial charge on any atom is 1.00 e. The predicted octanol–water partition coefficient (Wildman–Crippen LogP) is 3.20. The van der Waals surface area contributed by atoms with E-state index in [4.69, 9.17) is 4.74 Å². The van der Waals surface area contributed by atoms with Crippen molar-refractivity contribution in [2.45, 2.75) is 64.5 Å². The monoisotopic (exact) mass is 491 g/mol. The van der Waals surface area contributed by atoms with Crippen molar-refractivity contribution < 1.29 is 39.7 Å². The molecule has 1 aliphatic rings. The van der Waals surface area contributed by atoms with Gasteiger partial charge in [-0.15, -0.1) is 0 Å². The standard InChI is InChI=1S/C28H37NO4S.Li.H/c1-20-8-6-7-11-23(20)25-18-22(19-33-16-14-21-9-4-3-5-10-21)12-13-24(25)27(30)29-26(28(31)32)15-17-34-2;;/h6-8,11-13,18,21,26H,3-5,9-10,14-17,19H2,1-2H3,(H,29,30)(H,31,32);;/q;+1;-1. The number of carbonyl (C=O) groups excluding carboxylic acids is 1. The third-order valence-electron chi connectivity index (χ3n) is 6.64. The summed E-state index contributed by atoms with van der Waals surface area (Å²) in [6, 6.07) is 12.7. The fourth-order valence-corrected chi connectivity index (χ4v) is 5.09. The van der Waals surface area contributed by atoms with E-state index in [1.165, 1.54) is 32.1 Å². The molecule has 1 saturated carbocycles. The largest absolute Gasteiger partial charge is 1.00 e. The van der Waals surface area contributed by atoms with Gasteiger partial charge in [0.05, 0.1) is 6.61 Å². The van der Waals surface area contributed by atoms with E-state index >= 15 is 0 Å². The first kappa shape index (κ1) is 29.5. The average Bonchev–Trinajstić information content (AvgIpc) is 2.85. The van der Waals surface area contributed by atoms with Crippen LogP contribution < -0.4 is 24.2 Å². The van der Waals surface area contributed by atoms with Crippen molar-refractivity contribution >= 4 is 23.6 Å². The molecule has 0 spiro atoms. The minimum Gasteiger partial charge on any atom is -1.00 e. The Labute approximate surface area is 227 Å². The fraction of sp³-hybridized carbons (Fsp3) is 0.500. The average molecular weight is 492 g/mol. The van der Waals surface area contributed by atoms with Crippen LogP contribution in [0.1, 0.15) is 67.9 Å². The number of carboxylic acid groups (broad SMARTS) is 1. The number of thioether (sulfide) groups is 1. The summed E-state index contributed by atoms with van der Waals surface area (Å²) in [4.78, 5) is 24.8. The molecule has 2 N–H and O–H groups in total. The molecule has 0 saturated heterocycles. The Bertz CT molecular complexity index is 968. The SMILES string of the molecule is CSCCC(NC(=O)c1ccc(COCCC2CCCCC2)cc1-c1ccccc1C)C(=O)O.[H-].[Li+]. The summed E-state index contributed by atoms with van der Waals surface area (Å²) in [5, 5.41) is 12.3. The van der Waals surface area contributed by atoms with Gasteiger partial charge in [0.2, 0.25) is 0 Å². The van der Waals surface area contributed by atoms with E-state index in [0.717, 1.165) is 41.2 Å². The van der Waals surface area contributed by atoms with Gasteiger partial charge in [-0.1, -0.05) is 62.4 Å². The van der Waals surface area contributed by atoms with E-state index in [-0.39, 0.29) is 26.2 Å². The number of carboxylic acids is 1. The molecule has 7 heteroatoms. The number of carbonyl (C=O) groups is 2. The minimum absolute atomic E-state index is 0. The van der Waals surface area contributed by atoms with Crippen molar-refractivity contribution in [3.8, 4) is 11.1 Å². The third-order valence-corrected chi connectivity index (χ3v) is 7.29. The van der Waals surface area contributed by atoms with Crippen LogP contribution in [0.4, 0.5) is 0 Å². The number of hydrogen-bond donors (Lipinski definition) is 2. The van der Waals surface area contributed by atoms with Gasteiger partial charge in [0, 0.05) is 12.2 Å². The third kappa shape index (κ3) is 9.02. The van der Waals surface area contributed by atoms with E-state index in [0.29, 0.717) is 24.3 Å². The van der Waals surface area contributed by atoms with Gasteiger partial charge in [-0.25, -0.2) is 4.79 Å². The van der Waals surface area contributed by atoms with Gasteiger partial charge >= 0.3 is 24.8 Å². The Morgan fingerprint density at radius 2 is 1.89 bits per heavy atom. The first-order chi connectivity index (χ1) is 16.5. The van der Waals surface area contributed by atoms with Crippen LogP contribution >= 0.6 is 11.8 Å². The summed E-state index contributed by atoms with van der Waals surface area (Å²) in [6.45, 7) is 3.27. The molecule has 1 atom stereocenters. The number of aryl methyl sites for hydroxylation is 1. The van der Waals surface area contributed by atoms with Gasteiger partial charge in [0.1, 0.15) is 6.04 Å². The normalized spacial score (nSPS) is 14.7. The molecule has 3 rings (SSSR count). The van der Waals surface area contributed by atoms with E-state index in [1.54, 1.807) is 17.8 Å². The Morgan fingerprint density at radius 1 is 1.14 bits per heavy atom. The molecular weight excluding hydrogens is 453 g/mol. The predicted molar refractivity (Wildman–Crippen MR) is 140 cm³/mol. The van der Waals surface area contributed by atoms with E-state index in [9.17, 15) is 14.7 Å². The Balaban J connectivity index is 0.00000324. The zero-order valence-corrected chi connectivity index (χ0v) is 22.2. The second kappa shape index (κ2) is 15.4. The van der Waals surface area contributed by atoms with Crippen LogP contribution in [0.25, 0.3) is 11.1 Å². The Kier molecular flexibility index (Phi) is 13.0. The van der Waals surface area contributed by atoms with Crippen LogP contribution in [-0.2, 0) is 16.1 Å². The van der Waals surface area contributed by atoms with Gasteiger partial charge in [-0.05, 0) is 72.1 Å². The zero-order valence-electron chi connectivity index (χ0n) is 22.3. The fourth-order valence-electron chi connectivity index (χ4n) is 4.62. The van der Waals surface area contributed by atoms with Crippen molar-refractivity contribution in [2.75, 3.05) is 18.6 Å². The van der Waals surface area contributed by atoms with E-state index in [2.05, 4.69) is 5.32 Å². The minimum atomic E-state index is -1.01. The van der Waals surface area contributed by atoms with Crippen LogP contribution in [-0.4, -0.2) is 41.6 Å². The molecule has 2 aromatic carbocycles. The molecule has 2 aromatic rings. The molecule has 186 valence electrons. The van der Waals surface area contributed by atoms with Gasteiger partial charge in [-0.3, -0.25) is 4.79 Å². The van der Waals surface area contributed by atoms with Gasteiger partial charge < -0.3 is 16.6 Å². The van der Waals surface area contributed by atoms with Gasteiger partial charge in [0.25, 0.3) is 5.91 Å². The first-order valence-electron chi connectivity index (χ1n) is 12.3. The second-order valence-corrected chi connectivity index (χ2v) is 10.2. The Hall–Kier alpha value is -1.71. The summed E-state index contributed by atoms with van der Waals surface area (Å²) in [5.74, 6) is 0.0777. The summed E-state index contributed by atoms with van der Waals surface area (Å²) in [6.07, 6.45) is 10.1. The van der Waals surface area contributed by atoms with Crippen LogP contribution in [0.3, 0.4) is 0 Å². The molecule has 5 nitrogen and oxygen atoms in total. The van der Waals surface area contributed by atoms with Gasteiger partial charge in [0.15, 0.2) is 0 Å². The topological polar surface area (TPSA) is 75.6 Å². The molecule has 1 fully saturated rings. The molecule has 1 aliphatic carbocycles. The van der Waals surface area contributed by atoms with Crippen LogP contribution in [0, 0.1) is 12.8 Å².